The number of likely N-dealkylation sites (tertiary alicyclic amines) is 1. The third-order valence-electron chi connectivity index (χ3n) is 7.02. The van der Waals surface area contributed by atoms with Crippen LogP contribution in [-0.2, 0) is 27.8 Å². The average Bonchev–Trinajstić information content (AvgIpc) is 3.12. The Hall–Kier alpha value is -2.82. The lowest BCUT2D eigenvalue weighted by Gasteiger charge is -2.40. The van der Waals surface area contributed by atoms with Gasteiger partial charge in [-0.05, 0) is 87.5 Å². The number of amides is 2. The minimum Gasteiger partial charge on any atom is -0.444 e. The van der Waals surface area contributed by atoms with Gasteiger partial charge in [-0.25, -0.2) is 4.79 Å². The molecule has 0 radical (unpaired) electrons. The van der Waals surface area contributed by atoms with Gasteiger partial charge in [-0.1, -0.05) is 42.5 Å². The van der Waals surface area contributed by atoms with Crippen molar-refractivity contribution in [3.8, 4) is 0 Å². The highest BCUT2D eigenvalue weighted by Gasteiger charge is 2.41. The number of hydrogen-bond acceptors (Lipinski definition) is 3. The molecule has 33 heavy (non-hydrogen) atoms. The zero-order chi connectivity index (χ0) is 23.5. The lowest BCUT2D eigenvalue weighted by Crippen LogP contribution is -2.44. The third kappa shape index (κ3) is 5.58. The summed E-state index contributed by atoms with van der Waals surface area (Å²) in [5, 5.41) is 2.85. The summed E-state index contributed by atoms with van der Waals surface area (Å²) in [4.78, 5) is 27.1. The van der Waals surface area contributed by atoms with Crippen LogP contribution in [-0.4, -0.2) is 35.6 Å². The molecule has 2 amide bonds. The lowest BCUT2D eigenvalue weighted by atomic mass is 9.74. The van der Waals surface area contributed by atoms with Gasteiger partial charge in [-0.3, -0.25) is 10.1 Å². The molecule has 1 fully saturated rings. The van der Waals surface area contributed by atoms with E-state index in [2.05, 4.69) is 34.5 Å². The number of carbonyl (C=O) groups excluding carboxylic acids is 2. The number of nitrogens with zero attached hydrogens (tertiary/aromatic N) is 1. The molecule has 2 aromatic rings. The molecule has 4 rings (SSSR count). The fourth-order valence-electron chi connectivity index (χ4n) is 5.33. The molecule has 0 unspecified atom stereocenters. The van der Waals surface area contributed by atoms with Crippen LogP contribution in [0.5, 0.6) is 0 Å². The topological polar surface area (TPSA) is 58.6 Å². The van der Waals surface area contributed by atoms with Crippen molar-refractivity contribution in [1.82, 2.24) is 4.90 Å². The van der Waals surface area contributed by atoms with Gasteiger partial charge in [-0.2, -0.15) is 0 Å². The molecule has 1 N–H and O–H groups in total. The Bertz CT molecular complexity index is 1000. The standard InChI is InChI=1S/C28H36N2O3/c1-27(2,3)33-26(32)29-24-13-7-5-10-22(24)11-8-14-25(31)30-19-17-28(18-20-30)16-15-21-9-4-6-12-23(21)28/h4-7,9-10,12-13H,8,11,14-20H2,1-3H3,(H,29,32). The lowest BCUT2D eigenvalue weighted by molar-refractivity contribution is -0.132. The number of fused-ring (bicyclic) bond motifs is 2. The number of benzene rings is 2. The number of nitrogens with one attached hydrogen (secondary N) is 1. The van der Waals surface area contributed by atoms with Gasteiger partial charge in [0.2, 0.25) is 5.91 Å². The molecule has 5 nitrogen and oxygen atoms in total. The minimum atomic E-state index is -0.543. The zero-order valence-corrected chi connectivity index (χ0v) is 20.2. The maximum Gasteiger partial charge on any atom is 0.412 e. The van der Waals surface area contributed by atoms with E-state index in [4.69, 9.17) is 4.74 Å². The molecule has 0 aromatic heterocycles. The van der Waals surface area contributed by atoms with Crippen LogP contribution in [0.15, 0.2) is 48.5 Å². The summed E-state index contributed by atoms with van der Waals surface area (Å²) < 4.78 is 5.37. The Morgan fingerprint density at radius 1 is 1.00 bits per heavy atom. The summed E-state index contributed by atoms with van der Waals surface area (Å²) >= 11 is 0. The molecular formula is C28H36N2O3. The van der Waals surface area contributed by atoms with E-state index in [0.29, 0.717) is 6.42 Å². The smallest absolute Gasteiger partial charge is 0.412 e. The average molecular weight is 449 g/mol. The monoisotopic (exact) mass is 448 g/mol. The molecule has 0 atom stereocenters. The highest BCUT2D eigenvalue weighted by atomic mass is 16.6. The summed E-state index contributed by atoms with van der Waals surface area (Å²) in [5.74, 6) is 0.244. The van der Waals surface area contributed by atoms with Crippen molar-refractivity contribution in [2.75, 3.05) is 18.4 Å². The highest BCUT2D eigenvalue weighted by Crippen LogP contribution is 2.46. The Labute approximate surface area is 197 Å². The summed E-state index contributed by atoms with van der Waals surface area (Å²) in [7, 11) is 0. The molecule has 1 saturated heterocycles. The van der Waals surface area contributed by atoms with Crippen molar-refractivity contribution in [1.29, 1.82) is 0 Å². The minimum absolute atomic E-state index is 0.244. The van der Waals surface area contributed by atoms with Crippen molar-refractivity contribution in [2.24, 2.45) is 0 Å². The van der Waals surface area contributed by atoms with E-state index in [0.717, 1.165) is 50.0 Å². The van der Waals surface area contributed by atoms with Crippen LogP contribution in [0.2, 0.25) is 0 Å². The summed E-state index contributed by atoms with van der Waals surface area (Å²) in [6.07, 6.45) is 6.10. The molecule has 1 spiro atoms. The largest absolute Gasteiger partial charge is 0.444 e. The van der Waals surface area contributed by atoms with E-state index < -0.39 is 11.7 Å². The highest BCUT2D eigenvalue weighted by molar-refractivity contribution is 5.86. The Kier molecular flexibility index (Phi) is 6.78. The predicted octanol–water partition coefficient (Wildman–Crippen LogP) is 5.86. The van der Waals surface area contributed by atoms with Gasteiger partial charge in [0.25, 0.3) is 0 Å². The Morgan fingerprint density at radius 3 is 2.45 bits per heavy atom. The second-order valence-corrected chi connectivity index (χ2v) is 10.5. The van der Waals surface area contributed by atoms with Gasteiger partial charge >= 0.3 is 6.09 Å². The number of carbonyl (C=O) groups is 2. The number of aryl methyl sites for hydroxylation is 2. The molecule has 2 aromatic carbocycles. The van der Waals surface area contributed by atoms with Crippen LogP contribution >= 0.6 is 0 Å². The number of ether oxygens (including phenoxy) is 1. The van der Waals surface area contributed by atoms with Gasteiger partial charge in [-0.15, -0.1) is 0 Å². The van der Waals surface area contributed by atoms with Crippen LogP contribution < -0.4 is 5.32 Å². The summed E-state index contributed by atoms with van der Waals surface area (Å²) in [6.45, 7) is 7.24. The molecule has 1 heterocycles. The van der Waals surface area contributed by atoms with E-state index in [-0.39, 0.29) is 11.3 Å². The zero-order valence-electron chi connectivity index (χ0n) is 20.2. The van der Waals surface area contributed by atoms with Gasteiger partial charge in [0.1, 0.15) is 5.60 Å². The number of para-hydroxylation sites is 1. The quantitative estimate of drug-likeness (QED) is 0.623. The number of piperidine rings is 1. The second-order valence-electron chi connectivity index (χ2n) is 10.5. The van der Waals surface area contributed by atoms with E-state index >= 15 is 0 Å². The van der Waals surface area contributed by atoms with Crippen molar-refractivity contribution < 1.29 is 14.3 Å². The predicted molar refractivity (Wildman–Crippen MR) is 131 cm³/mol. The van der Waals surface area contributed by atoms with Crippen LogP contribution in [0.3, 0.4) is 0 Å². The van der Waals surface area contributed by atoms with E-state index in [9.17, 15) is 9.59 Å². The van der Waals surface area contributed by atoms with E-state index in [1.165, 1.54) is 24.0 Å². The van der Waals surface area contributed by atoms with Gasteiger partial charge in [0.15, 0.2) is 0 Å². The summed E-state index contributed by atoms with van der Waals surface area (Å²) in [6, 6.07) is 16.6. The molecule has 0 bridgehead atoms. The van der Waals surface area contributed by atoms with Crippen molar-refractivity contribution in [3.05, 3.63) is 65.2 Å². The molecule has 1 aliphatic carbocycles. The van der Waals surface area contributed by atoms with Gasteiger partial charge < -0.3 is 9.64 Å². The van der Waals surface area contributed by atoms with E-state index in [1.807, 2.05) is 45.0 Å². The van der Waals surface area contributed by atoms with Crippen LogP contribution in [0.25, 0.3) is 0 Å². The Morgan fingerprint density at radius 2 is 1.70 bits per heavy atom. The first kappa shape index (κ1) is 23.3. The van der Waals surface area contributed by atoms with Crippen molar-refractivity contribution in [2.45, 2.75) is 76.7 Å². The van der Waals surface area contributed by atoms with Crippen LogP contribution in [0.1, 0.15) is 69.6 Å². The first-order valence-electron chi connectivity index (χ1n) is 12.2. The third-order valence-corrected chi connectivity index (χ3v) is 7.02. The van der Waals surface area contributed by atoms with Gasteiger partial charge in [0, 0.05) is 25.2 Å². The van der Waals surface area contributed by atoms with E-state index in [1.54, 1.807) is 0 Å². The Balaban J connectivity index is 1.27. The number of rotatable bonds is 5. The maximum absolute atomic E-state index is 12.9. The fraction of sp³-hybridized carbons (Fsp3) is 0.500. The first-order chi connectivity index (χ1) is 15.8. The molecule has 176 valence electrons. The SMILES string of the molecule is CC(C)(C)OC(=O)Nc1ccccc1CCCC(=O)N1CCC2(CCc3ccccc32)CC1. The number of anilines is 1. The van der Waals surface area contributed by atoms with Gasteiger partial charge in [0.05, 0.1) is 0 Å². The normalized spacial score (nSPS) is 17.0. The fourth-order valence-corrected chi connectivity index (χ4v) is 5.33. The molecule has 0 saturated carbocycles. The van der Waals surface area contributed by atoms with Crippen LogP contribution in [0, 0.1) is 0 Å². The van der Waals surface area contributed by atoms with Crippen LogP contribution in [0.4, 0.5) is 10.5 Å². The molecule has 5 heteroatoms. The summed E-state index contributed by atoms with van der Waals surface area (Å²) in [5.41, 5.74) is 4.52. The second kappa shape index (κ2) is 9.58. The van der Waals surface area contributed by atoms with Crippen molar-refractivity contribution >= 4 is 17.7 Å². The molecule has 2 aliphatic rings. The maximum atomic E-state index is 12.9. The molecular weight excluding hydrogens is 412 g/mol. The molecule has 1 aliphatic heterocycles. The van der Waals surface area contributed by atoms with Crippen molar-refractivity contribution in [3.63, 3.8) is 0 Å². The first-order valence-corrected chi connectivity index (χ1v) is 12.2. The number of hydrogen-bond donors (Lipinski definition) is 1.